The SMILES string of the molecule is C=CCCC(C)CC(C)CBr. The summed E-state index contributed by atoms with van der Waals surface area (Å²) in [7, 11) is 0. The summed E-state index contributed by atoms with van der Waals surface area (Å²) in [6.45, 7) is 8.34. The van der Waals surface area contributed by atoms with Crippen LogP contribution in [0.1, 0.15) is 33.1 Å². The Kier molecular flexibility index (Phi) is 7.04. The van der Waals surface area contributed by atoms with Crippen molar-refractivity contribution < 1.29 is 0 Å². The van der Waals surface area contributed by atoms with Gasteiger partial charge in [0, 0.05) is 5.33 Å². The third-order valence-corrected chi connectivity index (χ3v) is 3.04. The zero-order valence-corrected chi connectivity index (χ0v) is 9.23. The number of rotatable bonds is 6. The minimum absolute atomic E-state index is 0.815. The third-order valence-electron chi connectivity index (χ3n) is 1.93. The van der Waals surface area contributed by atoms with Gasteiger partial charge < -0.3 is 0 Å². The van der Waals surface area contributed by atoms with E-state index in [-0.39, 0.29) is 0 Å². The Labute approximate surface area is 79.2 Å². The molecule has 0 aromatic heterocycles. The minimum Gasteiger partial charge on any atom is -0.103 e. The molecule has 0 aliphatic rings. The highest BCUT2D eigenvalue weighted by Crippen LogP contribution is 2.17. The number of halogens is 1. The molecule has 0 aliphatic carbocycles. The fourth-order valence-electron chi connectivity index (χ4n) is 1.27. The van der Waals surface area contributed by atoms with Crippen LogP contribution >= 0.6 is 15.9 Å². The van der Waals surface area contributed by atoms with Gasteiger partial charge in [0.05, 0.1) is 0 Å². The Morgan fingerprint density at radius 1 is 1.36 bits per heavy atom. The van der Waals surface area contributed by atoms with Crippen LogP contribution in [0.5, 0.6) is 0 Å². The van der Waals surface area contributed by atoms with Crippen LogP contribution < -0.4 is 0 Å². The quantitative estimate of drug-likeness (QED) is 0.467. The van der Waals surface area contributed by atoms with E-state index in [0.717, 1.165) is 23.6 Å². The number of hydrogen-bond donors (Lipinski definition) is 0. The maximum absolute atomic E-state index is 3.72. The lowest BCUT2D eigenvalue weighted by Gasteiger charge is -2.13. The van der Waals surface area contributed by atoms with Gasteiger partial charge in [-0.1, -0.05) is 35.9 Å². The maximum atomic E-state index is 3.72. The molecule has 0 aliphatic heterocycles. The molecule has 0 bridgehead atoms. The molecular formula is C10H19Br. The molecule has 0 amide bonds. The molecule has 2 atom stereocenters. The Morgan fingerprint density at radius 2 is 2.00 bits per heavy atom. The van der Waals surface area contributed by atoms with Crippen molar-refractivity contribution in [2.45, 2.75) is 33.1 Å². The zero-order valence-electron chi connectivity index (χ0n) is 7.65. The summed E-state index contributed by atoms with van der Waals surface area (Å²) >= 11 is 3.49. The van der Waals surface area contributed by atoms with Gasteiger partial charge in [-0.15, -0.1) is 6.58 Å². The lowest BCUT2D eigenvalue weighted by atomic mass is 9.95. The smallest absolute Gasteiger partial charge is 0.00571 e. The summed E-state index contributed by atoms with van der Waals surface area (Å²) in [6.07, 6.45) is 5.80. The van der Waals surface area contributed by atoms with Crippen LogP contribution in [0.3, 0.4) is 0 Å². The van der Waals surface area contributed by atoms with Gasteiger partial charge in [-0.3, -0.25) is 0 Å². The average Bonchev–Trinajstić information content (AvgIpc) is 2.00. The highest BCUT2D eigenvalue weighted by molar-refractivity contribution is 9.09. The largest absolute Gasteiger partial charge is 0.103 e. The summed E-state index contributed by atoms with van der Waals surface area (Å²) in [5, 5.41) is 1.13. The lowest BCUT2D eigenvalue weighted by Crippen LogP contribution is -2.03. The van der Waals surface area contributed by atoms with Crippen LogP contribution in [0.15, 0.2) is 12.7 Å². The number of alkyl halides is 1. The summed E-state index contributed by atoms with van der Waals surface area (Å²) in [6, 6.07) is 0. The molecule has 66 valence electrons. The molecule has 0 fully saturated rings. The van der Waals surface area contributed by atoms with Crippen molar-refractivity contribution in [2.24, 2.45) is 11.8 Å². The standard InChI is InChI=1S/C10H19Br/c1-4-5-6-9(2)7-10(3)8-11/h4,9-10H,1,5-8H2,2-3H3. The van der Waals surface area contributed by atoms with Gasteiger partial charge in [-0.05, 0) is 31.1 Å². The van der Waals surface area contributed by atoms with Crippen molar-refractivity contribution in [2.75, 3.05) is 5.33 Å². The summed E-state index contributed by atoms with van der Waals surface area (Å²) in [4.78, 5) is 0. The molecular weight excluding hydrogens is 200 g/mol. The molecule has 11 heavy (non-hydrogen) atoms. The van der Waals surface area contributed by atoms with Gasteiger partial charge in [0.25, 0.3) is 0 Å². The van der Waals surface area contributed by atoms with Crippen LogP contribution in [0.4, 0.5) is 0 Å². The Balaban J connectivity index is 3.34. The lowest BCUT2D eigenvalue weighted by molar-refractivity contribution is 0.423. The Hall–Kier alpha value is 0.220. The van der Waals surface area contributed by atoms with Gasteiger partial charge in [0.2, 0.25) is 0 Å². The van der Waals surface area contributed by atoms with Crippen LogP contribution in [-0.2, 0) is 0 Å². The molecule has 0 N–H and O–H groups in total. The van der Waals surface area contributed by atoms with E-state index in [9.17, 15) is 0 Å². The highest BCUT2D eigenvalue weighted by atomic mass is 79.9. The summed E-state index contributed by atoms with van der Waals surface area (Å²) in [5.41, 5.74) is 0. The van der Waals surface area contributed by atoms with E-state index in [4.69, 9.17) is 0 Å². The van der Waals surface area contributed by atoms with E-state index in [1.165, 1.54) is 12.8 Å². The molecule has 0 spiro atoms. The minimum atomic E-state index is 0.815. The maximum Gasteiger partial charge on any atom is 0.00571 e. The molecule has 0 saturated carbocycles. The molecule has 0 radical (unpaired) electrons. The van der Waals surface area contributed by atoms with Gasteiger partial charge in [0.1, 0.15) is 0 Å². The predicted molar refractivity (Wildman–Crippen MR) is 56.2 cm³/mol. The normalized spacial score (nSPS) is 15.9. The van der Waals surface area contributed by atoms with Crippen LogP contribution in [0.25, 0.3) is 0 Å². The first-order valence-corrected chi connectivity index (χ1v) is 5.49. The predicted octanol–water partition coefficient (Wildman–Crippen LogP) is 4.01. The van der Waals surface area contributed by atoms with E-state index in [0.29, 0.717) is 0 Å². The van der Waals surface area contributed by atoms with Gasteiger partial charge in [-0.2, -0.15) is 0 Å². The Bertz CT molecular complexity index is 99.0. The third kappa shape index (κ3) is 6.61. The van der Waals surface area contributed by atoms with Crippen LogP contribution in [0, 0.1) is 11.8 Å². The molecule has 0 heterocycles. The first-order chi connectivity index (χ1) is 5.20. The molecule has 1 heteroatoms. The highest BCUT2D eigenvalue weighted by Gasteiger charge is 2.05. The molecule has 0 nitrogen and oxygen atoms in total. The van der Waals surface area contributed by atoms with Crippen molar-refractivity contribution in [3.8, 4) is 0 Å². The topological polar surface area (TPSA) is 0 Å². The Morgan fingerprint density at radius 3 is 2.45 bits per heavy atom. The van der Waals surface area contributed by atoms with Gasteiger partial charge in [-0.25, -0.2) is 0 Å². The van der Waals surface area contributed by atoms with Crippen LogP contribution in [0.2, 0.25) is 0 Å². The first kappa shape index (κ1) is 11.2. The van der Waals surface area contributed by atoms with E-state index in [1.807, 2.05) is 6.08 Å². The van der Waals surface area contributed by atoms with Crippen LogP contribution in [-0.4, -0.2) is 5.33 Å². The first-order valence-electron chi connectivity index (χ1n) is 4.37. The fourth-order valence-corrected chi connectivity index (χ4v) is 1.53. The van der Waals surface area contributed by atoms with E-state index in [2.05, 4.69) is 36.4 Å². The van der Waals surface area contributed by atoms with E-state index >= 15 is 0 Å². The van der Waals surface area contributed by atoms with Crippen molar-refractivity contribution in [1.82, 2.24) is 0 Å². The second-order valence-corrected chi connectivity index (χ2v) is 4.11. The second kappa shape index (κ2) is 6.90. The monoisotopic (exact) mass is 218 g/mol. The van der Waals surface area contributed by atoms with Crippen molar-refractivity contribution >= 4 is 15.9 Å². The second-order valence-electron chi connectivity index (χ2n) is 3.47. The molecule has 0 aromatic rings. The zero-order chi connectivity index (χ0) is 8.69. The van der Waals surface area contributed by atoms with Crippen molar-refractivity contribution in [3.05, 3.63) is 12.7 Å². The number of allylic oxidation sites excluding steroid dienone is 1. The molecule has 0 saturated heterocycles. The molecule has 2 unspecified atom stereocenters. The van der Waals surface area contributed by atoms with E-state index in [1.54, 1.807) is 0 Å². The summed E-state index contributed by atoms with van der Waals surface area (Å²) in [5.74, 6) is 1.66. The number of hydrogen-bond acceptors (Lipinski definition) is 0. The van der Waals surface area contributed by atoms with Gasteiger partial charge >= 0.3 is 0 Å². The van der Waals surface area contributed by atoms with E-state index < -0.39 is 0 Å². The average molecular weight is 219 g/mol. The molecule has 0 aromatic carbocycles. The van der Waals surface area contributed by atoms with Crippen molar-refractivity contribution in [1.29, 1.82) is 0 Å². The molecule has 0 rings (SSSR count). The summed E-state index contributed by atoms with van der Waals surface area (Å²) < 4.78 is 0. The van der Waals surface area contributed by atoms with Crippen molar-refractivity contribution in [3.63, 3.8) is 0 Å². The van der Waals surface area contributed by atoms with Gasteiger partial charge in [0.15, 0.2) is 0 Å². The fraction of sp³-hybridized carbons (Fsp3) is 0.800.